The van der Waals surface area contributed by atoms with Crippen molar-refractivity contribution >= 4 is 6.09 Å². The number of aliphatic hydroxyl groups is 2. The molecule has 0 saturated carbocycles. The predicted octanol–water partition coefficient (Wildman–Crippen LogP) is 2.56. The lowest BCUT2D eigenvalue weighted by Gasteiger charge is -2.40. The molecule has 0 aliphatic rings. The Hall–Kier alpha value is -1.59. The normalized spacial score (nSPS) is 13.6. The van der Waals surface area contributed by atoms with Gasteiger partial charge in [0, 0.05) is 0 Å². The van der Waals surface area contributed by atoms with E-state index in [4.69, 9.17) is 4.74 Å². The first-order valence-corrected chi connectivity index (χ1v) is 7.44. The molecule has 124 valence electrons. The van der Waals surface area contributed by atoms with E-state index in [1.165, 1.54) is 18.7 Å². The number of carbonyl (C=O) groups excluding carboxylic acids is 1. The zero-order valence-electron chi connectivity index (χ0n) is 14.0. The van der Waals surface area contributed by atoms with Crippen LogP contribution in [0.1, 0.15) is 40.2 Å². The van der Waals surface area contributed by atoms with Gasteiger partial charge in [0.15, 0.2) is 0 Å². The molecule has 0 bridgehead atoms. The number of hydrogen-bond donors (Lipinski definition) is 2. The lowest BCUT2D eigenvalue weighted by Crippen LogP contribution is -2.56. The van der Waals surface area contributed by atoms with Crippen LogP contribution in [0.25, 0.3) is 0 Å². The van der Waals surface area contributed by atoms with E-state index in [-0.39, 0.29) is 6.61 Å². The first-order chi connectivity index (χ1) is 10.0. The van der Waals surface area contributed by atoms with Crippen LogP contribution in [-0.4, -0.2) is 45.2 Å². The van der Waals surface area contributed by atoms with E-state index in [1.807, 2.05) is 30.3 Å². The minimum Gasteiger partial charge on any atom is -0.444 e. The number of carbonyl (C=O) groups is 1. The highest BCUT2D eigenvalue weighted by molar-refractivity contribution is 5.69. The van der Waals surface area contributed by atoms with Crippen molar-refractivity contribution in [3.8, 4) is 0 Å². The Bertz CT molecular complexity index is 474. The number of rotatable bonds is 5. The number of hydrogen-bond acceptors (Lipinski definition) is 4. The van der Waals surface area contributed by atoms with Gasteiger partial charge in [-0.2, -0.15) is 0 Å². The number of amides is 1. The minimum absolute atomic E-state index is 0.266. The zero-order valence-corrected chi connectivity index (χ0v) is 14.0. The van der Waals surface area contributed by atoms with Gasteiger partial charge in [-0.25, -0.2) is 4.79 Å². The third-order valence-electron chi connectivity index (χ3n) is 3.07. The summed E-state index contributed by atoms with van der Waals surface area (Å²) in [5, 5.41) is 20.0. The third kappa shape index (κ3) is 5.66. The molecule has 0 saturated heterocycles. The molecule has 0 aromatic heterocycles. The minimum atomic E-state index is -1.44. The Morgan fingerprint density at radius 3 is 2.14 bits per heavy atom. The summed E-state index contributed by atoms with van der Waals surface area (Å²) in [5.41, 5.74) is -1.14. The Labute approximate surface area is 132 Å². The van der Waals surface area contributed by atoms with Gasteiger partial charge < -0.3 is 14.9 Å². The second-order valence-corrected chi connectivity index (χ2v) is 6.87. The average Bonchev–Trinajstić information content (AvgIpc) is 2.35. The number of ether oxygens (including phenoxy) is 1. The summed E-state index contributed by atoms with van der Waals surface area (Å²) in [4.78, 5) is 13.6. The van der Waals surface area contributed by atoms with Crippen LogP contribution in [0.15, 0.2) is 30.3 Å². The van der Waals surface area contributed by atoms with Crippen molar-refractivity contribution in [2.75, 3.05) is 6.61 Å². The molecule has 5 nitrogen and oxygen atoms in total. The van der Waals surface area contributed by atoms with Crippen LogP contribution < -0.4 is 0 Å². The Balaban J connectivity index is 3.00. The molecule has 1 rings (SSSR count). The molecule has 1 atom stereocenters. The quantitative estimate of drug-likeness (QED) is 0.820. The molecule has 22 heavy (non-hydrogen) atoms. The Morgan fingerprint density at radius 2 is 1.73 bits per heavy atom. The SMILES string of the molecule is CC(C)(C)OC(=O)N([C@H](CO)Cc1ccccc1)C(C)(C)O. The van der Waals surface area contributed by atoms with Crippen LogP contribution in [0.2, 0.25) is 0 Å². The molecular weight excluding hydrogens is 282 g/mol. The molecule has 1 aromatic rings. The van der Waals surface area contributed by atoms with Crippen LogP contribution >= 0.6 is 0 Å². The standard InChI is InChI=1S/C17H27NO4/c1-16(2,3)22-15(20)18(17(4,5)21)14(12-19)11-13-9-7-6-8-10-13/h6-10,14,19,21H,11-12H2,1-5H3/t14-/m0/s1. The largest absolute Gasteiger partial charge is 0.444 e. The summed E-state index contributed by atoms with van der Waals surface area (Å²) < 4.78 is 5.36. The monoisotopic (exact) mass is 309 g/mol. The van der Waals surface area contributed by atoms with Crippen molar-refractivity contribution in [2.24, 2.45) is 0 Å². The topological polar surface area (TPSA) is 70.0 Å². The van der Waals surface area contributed by atoms with E-state index < -0.39 is 23.5 Å². The second-order valence-electron chi connectivity index (χ2n) is 6.87. The summed E-state index contributed by atoms with van der Waals surface area (Å²) in [7, 11) is 0. The summed E-state index contributed by atoms with van der Waals surface area (Å²) in [6.45, 7) is 8.03. The van der Waals surface area contributed by atoms with Crippen molar-refractivity contribution < 1.29 is 19.7 Å². The summed E-state index contributed by atoms with van der Waals surface area (Å²) in [6.07, 6.45) is -0.212. The van der Waals surface area contributed by atoms with Gasteiger partial charge in [-0.15, -0.1) is 0 Å². The van der Waals surface area contributed by atoms with E-state index in [9.17, 15) is 15.0 Å². The average molecular weight is 309 g/mol. The fourth-order valence-corrected chi connectivity index (χ4v) is 2.25. The molecule has 0 unspecified atom stereocenters. The van der Waals surface area contributed by atoms with Crippen LogP contribution in [-0.2, 0) is 11.2 Å². The molecule has 1 amide bonds. The first kappa shape index (κ1) is 18.5. The lowest BCUT2D eigenvalue weighted by atomic mass is 10.0. The summed E-state index contributed by atoms with van der Waals surface area (Å²) in [5.74, 6) is 0. The van der Waals surface area contributed by atoms with Crippen LogP contribution in [0, 0.1) is 0 Å². The van der Waals surface area contributed by atoms with E-state index in [0.717, 1.165) is 5.56 Å². The molecule has 1 aromatic carbocycles. The molecule has 2 N–H and O–H groups in total. The van der Waals surface area contributed by atoms with Crippen LogP contribution in [0.4, 0.5) is 4.79 Å². The van der Waals surface area contributed by atoms with Crippen molar-refractivity contribution in [3.05, 3.63) is 35.9 Å². The predicted molar refractivity (Wildman–Crippen MR) is 85.4 cm³/mol. The molecular formula is C17H27NO4. The maximum atomic E-state index is 12.4. The molecule has 0 fully saturated rings. The number of aliphatic hydroxyl groups excluding tert-OH is 1. The number of nitrogens with zero attached hydrogens (tertiary/aromatic N) is 1. The number of benzene rings is 1. The van der Waals surface area contributed by atoms with E-state index >= 15 is 0 Å². The van der Waals surface area contributed by atoms with Gasteiger partial charge in [0.2, 0.25) is 0 Å². The van der Waals surface area contributed by atoms with Crippen molar-refractivity contribution in [1.82, 2.24) is 4.90 Å². The highest BCUT2D eigenvalue weighted by Crippen LogP contribution is 2.22. The third-order valence-corrected chi connectivity index (χ3v) is 3.07. The van der Waals surface area contributed by atoms with Gasteiger partial charge in [0.05, 0.1) is 12.6 Å². The van der Waals surface area contributed by atoms with Crippen LogP contribution in [0.3, 0.4) is 0 Å². The Kier molecular flexibility index (Phi) is 5.97. The van der Waals surface area contributed by atoms with E-state index in [1.54, 1.807) is 20.8 Å². The maximum Gasteiger partial charge on any atom is 0.412 e. The van der Waals surface area contributed by atoms with Gasteiger partial charge >= 0.3 is 6.09 Å². The van der Waals surface area contributed by atoms with Crippen molar-refractivity contribution in [3.63, 3.8) is 0 Å². The van der Waals surface area contributed by atoms with Crippen LogP contribution in [0.5, 0.6) is 0 Å². The second kappa shape index (κ2) is 7.11. The zero-order chi connectivity index (χ0) is 17.0. The van der Waals surface area contributed by atoms with Gasteiger partial charge in [-0.05, 0) is 46.6 Å². The van der Waals surface area contributed by atoms with Crippen molar-refractivity contribution in [2.45, 2.75) is 58.4 Å². The van der Waals surface area contributed by atoms with Gasteiger partial charge in [0.25, 0.3) is 0 Å². The maximum absolute atomic E-state index is 12.4. The van der Waals surface area contributed by atoms with E-state index in [0.29, 0.717) is 6.42 Å². The summed E-state index contributed by atoms with van der Waals surface area (Å²) in [6, 6.07) is 8.95. The van der Waals surface area contributed by atoms with Crippen molar-refractivity contribution in [1.29, 1.82) is 0 Å². The molecule has 0 aliphatic carbocycles. The Morgan fingerprint density at radius 1 is 1.18 bits per heavy atom. The van der Waals surface area contributed by atoms with Gasteiger partial charge in [-0.3, -0.25) is 4.90 Å². The van der Waals surface area contributed by atoms with Gasteiger partial charge in [0.1, 0.15) is 11.3 Å². The molecule has 0 spiro atoms. The highest BCUT2D eigenvalue weighted by atomic mass is 16.6. The highest BCUT2D eigenvalue weighted by Gasteiger charge is 2.37. The molecule has 5 heteroatoms. The first-order valence-electron chi connectivity index (χ1n) is 7.44. The molecule has 0 aliphatic heterocycles. The summed E-state index contributed by atoms with van der Waals surface area (Å²) >= 11 is 0. The fourth-order valence-electron chi connectivity index (χ4n) is 2.25. The molecule has 0 radical (unpaired) electrons. The molecule has 0 heterocycles. The lowest BCUT2D eigenvalue weighted by molar-refractivity contribution is -0.107. The van der Waals surface area contributed by atoms with E-state index in [2.05, 4.69) is 0 Å². The smallest absolute Gasteiger partial charge is 0.412 e. The fraction of sp³-hybridized carbons (Fsp3) is 0.588. The van der Waals surface area contributed by atoms with Gasteiger partial charge in [-0.1, -0.05) is 30.3 Å².